The third-order valence-electron chi connectivity index (χ3n) is 5.16. The molecule has 27 heavy (non-hydrogen) atoms. The number of aliphatic hydroxyl groups excluding tert-OH is 1. The monoisotopic (exact) mass is 396 g/mol. The molecular weight excluding hydrogens is 378 g/mol. The number of aliphatic hydroxyl groups is 1. The zero-order valence-electron chi connectivity index (χ0n) is 14.4. The minimum absolute atomic E-state index is 0.0930. The molecule has 0 radical (unpaired) electrons. The summed E-state index contributed by atoms with van der Waals surface area (Å²) in [6.45, 7) is 2.01. The summed E-state index contributed by atoms with van der Waals surface area (Å²) in [7, 11) is -3.94. The van der Waals surface area contributed by atoms with Gasteiger partial charge < -0.3 is 10.0 Å². The van der Waals surface area contributed by atoms with E-state index in [9.17, 15) is 22.3 Å². The van der Waals surface area contributed by atoms with Gasteiger partial charge in [0.25, 0.3) is 5.92 Å². The van der Waals surface area contributed by atoms with Crippen LogP contribution in [0.4, 0.5) is 14.7 Å². The minimum atomic E-state index is -3.94. The molecule has 3 N–H and O–H groups in total. The van der Waals surface area contributed by atoms with Crippen molar-refractivity contribution in [1.82, 2.24) is 9.97 Å². The number of rotatable bonds is 3. The molecular formula is C17H18F2N4O3S. The van der Waals surface area contributed by atoms with Crippen molar-refractivity contribution in [2.45, 2.75) is 42.7 Å². The number of halogens is 2. The predicted molar refractivity (Wildman–Crippen MR) is 93.9 cm³/mol. The normalized spacial score (nSPS) is 23.8. The molecule has 1 aliphatic heterocycles. The Bertz CT molecular complexity index is 1030. The van der Waals surface area contributed by atoms with Crippen molar-refractivity contribution in [2.24, 2.45) is 5.14 Å². The van der Waals surface area contributed by atoms with E-state index in [1.54, 1.807) is 17.9 Å². The summed E-state index contributed by atoms with van der Waals surface area (Å²) < 4.78 is 52.0. The molecule has 2 heterocycles. The first-order valence-electron chi connectivity index (χ1n) is 8.45. The van der Waals surface area contributed by atoms with Crippen LogP contribution in [0.25, 0.3) is 11.3 Å². The van der Waals surface area contributed by atoms with Gasteiger partial charge in [0.15, 0.2) is 0 Å². The van der Waals surface area contributed by atoms with Crippen molar-refractivity contribution in [3.63, 3.8) is 0 Å². The number of sulfonamides is 1. The number of primary sulfonamides is 1. The highest BCUT2D eigenvalue weighted by Crippen LogP contribution is 2.45. The van der Waals surface area contributed by atoms with Crippen molar-refractivity contribution < 1.29 is 22.3 Å². The highest BCUT2D eigenvalue weighted by Gasteiger charge is 2.45. The predicted octanol–water partition coefficient (Wildman–Crippen LogP) is 1.40. The lowest BCUT2D eigenvalue weighted by Gasteiger charge is -2.43. The van der Waals surface area contributed by atoms with Crippen LogP contribution in [0.15, 0.2) is 29.2 Å². The van der Waals surface area contributed by atoms with Crippen LogP contribution < -0.4 is 10.0 Å². The van der Waals surface area contributed by atoms with Gasteiger partial charge in [0, 0.05) is 24.1 Å². The molecule has 10 heteroatoms. The molecule has 0 saturated carbocycles. The number of hydrogen-bond donors (Lipinski definition) is 2. The van der Waals surface area contributed by atoms with Gasteiger partial charge in [0.05, 0.1) is 22.7 Å². The zero-order valence-corrected chi connectivity index (χ0v) is 15.2. The Morgan fingerprint density at radius 1 is 1.33 bits per heavy atom. The standard InChI is InChI=1S/C17H18F2N4O3S/c1-9-13(24)8-23(9)16-21-14(12-5-6-17(18,19)15(12)22-16)10-3-2-4-11(7-10)27(20,25)26/h2-4,7,9,13,24H,5-6,8H2,1H3,(H2,20,25,26)/t9-,13+/m0/s1. The third kappa shape index (κ3) is 2.97. The van der Waals surface area contributed by atoms with Gasteiger partial charge in [-0.1, -0.05) is 12.1 Å². The first-order chi connectivity index (χ1) is 12.6. The van der Waals surface area contributed by atoms with Crippen LogP contribution in [0.1, 0.15) is 24.6 Å². The average molecular weight is 396 g/mol. The Morgan fingerprint density at radius 2 is 2.07 bits per heavy atom. The fourth-order valence-electron chi connectivity index (χ4n) is 3.45. The van der Waals surface area contributed by atoms with Crippen molar-refractivity contribution in [3.8, 4) is 11.3 Å². The fourth-order valence-corrected chi connectivity index (χ4v) is 4.01. The van der Waals surface area contributed by atoms with Crippen LogP contribution in [0, 0.1) is 0 Å². The van der Waals surface area contributed by atoms with Gasteiger partial charge in [-0.05, 0) is 25.5 Å². The van der Waals surface area contributed by atoms with Crippen LogP contribution in [0.2, 0.25) is 0 Å². The van der Waals surface area contributed by atoms with E-state index in [4.69, 9.17) is 5.14 Å². The highest BCUT2D eigenvalue weighted by molar-refractivity contribution is 7.89. The Balaban J connectivity index is 1.89. The summed E-state index contributed by atoms with van der Waals surface area (Å²) in [5, 5.41) is 14.9. The highest BCUT2D eigenvalue weighted by atomic mass is 32.2. The maximum atomic E-state index is 14.4. The molecule has 2 aliphatic rings. The van der Waals surface area contributed by atoms with Crippen molar-refractivity contribution in [3.05, 3.63) is 35.5 Å². The maximum Gasteiger partial charge on any atom is 0.290 e. The van der Waals surface area contributed by atoms with E-state index in [1.165, 1.54) is 18.2 Å². The van der Waals surface area contributed by atoms with Gasteiger partial charge in [-0.3, -0.25) is 0 Å². The molecule has 2 atom stereocenters. The second kappa shape index (κ2) is 5.91. The molecule has 1 aliphatic carbocycles. The first-order valence-corrected chi connectivity index (χ1v) is 10.00. The maximum absolute atomic E-state index is 14.4. The van der Waals surface area contributed by atoms with Crippen molar-refractivity contribution in [2.75, 3.05) is 11.4 Å². The average Bonchev–Trinajstić information content (AvgIpc) is 2.93. The Morgan fingerprint density at radius 3 is 2.70 bits per heavy atom. The molecule has 1 aromatic heterocycles. The molecule has 1 saturated heterocycles. The van der Waals surface area contributed by atoms with Crippen LogP contribution in [-0.2, 0) is 22.4 Å². The number of nitrogens with zero attached hydrogens (tertiary/aromatic N) is 3. The zero-order chi connectivity index (χ0) is 19.6. The Labute approximate surface area is 154 Å². The minimum Gasteiger partial charge on any atom is -0.389 e. The van der Waals surface area contributed by atoms with Crippen LogP contribution in [0.3, 0.4) is 0 Å². The number of benzene rings is 1. The van der Waals surface area contributed by atoms with E-state index >= 15 is 0 Å². The van der Waals surface area contributed by atoms with Crippen LogP contribution in [0.5, 0.6) is 0 Å². The molecule has 2 aromatic rings. The second-order valence-corrected chi connectivity index (χ2v) is 8.50. The van der Waals surface area contributed by atoms with E-state index in [1.807, 2.05) is 0 Å². The van der Waals surface area contributed by atoms with Gasteiger partial charge >= 0.3 is 0 Å². The summed E-state index contributed by atoms with van der Waals surface area (Å²) in [6.07, 6.45) is -0.854. The Kier molecular flexibility index (Phi) is 3.99. The van der Waals surface area contributed by atoms with Crippen molar-refractivity contribution >= 4 is 16.0 Å². The summed E-state index contributed by atoms with van der Waals surface area (Å²) in [4.78, 5) is 10.1. The largest absolute Gasteiger partial charge is 0.389 e. The molecule has 1 aromatic carbocycles. The van der Waals surface area contributed by atoms with Gasteiger partial charge in [-0.15, -0.1) is 0 Å². The Hall–Kier alpha value is -2.17. The van der Waals surface area contributed by atoms with Crippen LogP contribution >= 0.6 is 0 Å². The molecule has 4 rings (SSSR count). The quantitative estimate of drug-likeness (QED) is 0.812. The molecule has 0 unspecified atom stereocenters. The van der Waals surface area contributed by atoms with E-state index < -0.39 is 22.0 Å². The molecule has 144 valence electrons. The third-order valence-corrected chi connectivity index (χ3v) is 6.07. The van der Waals surface area contributed by atoms with E-state index in [-0.39, 0.29) is 47.7 Å². The number of anilines is 1. The number of nitrogens with two attached hydrogens (primary N) is 1. The van der Waals surface area contributed by atoms with Crippen LogP contribution in [-0.4, -0.2) is 42.2 Å². The molecule has 0 amide bonds. The van der Waals surface area contributed by atoms with E-state index in [0.717, 1.165) is 0 Å². The number of hydrogen-bond acceptors (Lipinski definition) is 6. The van der Waals surface area contributed by atoms with Gasteiger partial charge in [-0.2, -0.15) is 8.78 Å². The van der Waals surface area contributed by atoms with Gasteiger partial charge in [-0.25, -0.2) is 23.5 Å². The first kappa shape index (κ1) is 18.2. The smallest absolute Gasteiger partial charge is 0.290 e. The molecule has 7 nitrogen and oxygen atoms in total. The number of alkyl halides is 2. The summed E-state index contributed by atoms with van der Waals surface area (Å²) in [5.41, 5.74) is 0.625. The number of fused-ring (bicyclic) bond motifs is 1. The van der Waals surface area contributed by atoms with Gasteiger partial charge in [0.1, 0.15) is 5.69 Å². The molecule has 0 bridgehead atoms. The summed E-state index contributed by atoms with van der Waals surface area (Å²) >= 11 is 0. The topological polar surface area (TPSA) is 109 Å². The summed E-state index contributed by atoms with van der Waals surface area (Å²) in [6, 6.07) is 5.47. The van der Waals surface area contributed by atoms with E-state index in [2.05, 4.69) is 9.97 Å². The van der Waals surface area contributed by atoms with Crippen molar-refractivity contribution in [1.29, 1.82) is 0 Å². The number of β-amino-alcohol motifs (C(OH)–C–C–N with tert-alkyl or cyclic N) is 1. The second-order valence-electron chi connectivity index (χ2n) is 6.94. The lowest BCUT2D eigenvalue weighted by atomic mass is 10.0. The van der Waals surface area contributed by atoms with E-state index in [0.29, 0.717) is 11.1 Å². The summed E-state index contributed by atoms with van der Waals surface area (Å²) in [5.74, 6) is -2.98. The SMILES string of the molecule is C[C@H]1[C@H](O)CN1c1nc(-c2cccc(S(N)(=O)=O)c2)c2c(n1)C(F)(F)CC2. The molecule has 0 spiro atoms. The lowest BCUT2D eigenvalue weighted by molar-refractivity contribution is -0.00603. The number of aromatic nitrogens is 2. The molecule has 1 fully saturated rings. The lowest BCUT2D eigenvalue weighted by Crippen LogP contribution is -2.59. The van der Waals surface area contributed by atoms with Gasteiger partial charge in [0.2, 0.25) is 16.0 Å². The fraction of sp³-hybridized carbons (Fsp3) is 0.412.